The molecule has 25 heavy (non-hydrogen) atoms. The molecule has 5 nitrogen and oxygen atoms in total. The third kappa shape index (κ3) is 5.06. The molecule has 1 fully saturated rings. The summed E-state index contributed by atoms with van der Waals surface area (Å²) in [7, 11) is 0. The fraction of sp³-hybridized carbons (Fsp3) is 0.368. The average molecular weight is 357 g/mol. The molecule has 3 rings (SSSR count). The summed E-state index contributed by atoms with van der Waals surface area (Å²) in [6, 6.07) is 11.0. The summed E-state index contributed by atoms with van der Waals surface area (Å²) in [4.78, 5) is 27.7. The number of nitrogens with one attached hydrogen (secondary N) is 2. The number of anilines is 1. The molecule has 132 valence electrons. The first kappa shape index (κ1) is 17.5. The van der Waals surface area contributed by atoms with Gasteiger partial charge in [0.05, 0.1) is 0 Å². The predicted octanol–water partition coefficient (Wildman–Crippen LogP) is 3.74. The van der Waals surface area contributed by atoms with Crippen LogP contribution in [0, 0.1) is 0 Å². The monoisotopic (exact) mass is 357 g/mol. The van der Waals surface area contributed by atoms with E-state index < -0.39 is 0 Å². The van der Waals surface area contributed by atoms with Crippen LogP contribution in [0.5, 0.6) is 0 Å². The lowest BCUT2D eigenvalue weighted by atomic mass is 10.1. The summed E-state index contributed by atoms with van der Waals surface area (Å²) in [5.41, 5.74) is 1.26. The number of hydrogen-bond donors (Lipinski definition) is 2. The Morgan fingerprint density at radius 2 is 1.92 bits per heavy atom. The molecular formula is C19H23N3O2S. The van der Waals surface area contributed by atoms with Crippen molar-refractivity contribution in [3.05, 3.63) is 52.2 Å². The molecule has 0 saturated carbocycles. The van der Waals surface area contributed by atoms with E-state index in [9.17, 15) is 9.59 Å². The quantitative estimate of drug-likeness (QED) is 0.856. The van der Waals surface area contributed by atoms with E-state index in [4.69, 9.17) is 0 Å². The largest absolute Gasteiger partial charge is 0.339 e. The van der Waals surface area contributed by atoms with Crippen LogP contribution in [0.4, 0.5) is 10.5 Å². The number of carbonyl (C=O) groups is 2. The molecule has 1 aromatic carbocycles. The van der Waals surface area contributed by atoms with E-state index >= 15 is 0 Å². The average Bonchev–Trinajstić information content (AvgIpc) is 3.15. The zero-order valence-corrected chi connectivity index (χ0v) is 15.0. The number of benzene rings is 1. The van der Waals surface area contributed by atoms with Gasteiger partial charge in [-0.1, -0.05) is 12.1 Å². The van der Waals surface area contributed by atoms with Crippen molar-refractivity contribution in [2.75, 3.05) is 25.0 Å². The molecule has 2 heterocycles. The minimum Gasteiger partial charge on any atom is -0.339 e. The highest BCUT2D eigenvalue weighted by Gasteiger charge is 2.18. The van der Waals surface area contributed by atoms with Gasteiger partial charge in [0.15, 0.2) is 0 Å². The molecule has 0 unspecified atom stereocenters. The molecule has 1 aliphatic heterocycles. The maximum absolute atomic E-state index is 12.5. The highest BCUT2D eigenvalue weighted by molar-refractivity contribution is 7.09. The topological polar surface area (TPSA) is 61.4 Å². The second-order valence-corrected chi connectivity index (χ2v) is 7.18. The predicted molar refractivity (Wildman–Crippen MR) is 101 cm³/mol. The normalized spacial score (nSPS) is 14.2. The number of rotatable bonds is 5. The van der Waals surface area contributed by atoms with Crippen LogP contribution in [-0.4, -0.2) is 36.5 Å². The summed E-state index contributed by atoms with van der Waals surface area (Å²) >= 11 is 1.68. The highest BCUT2D eigenvalue weighted by Crippen LogP contribution is 2.16. The van der Waals surface area contributed by atoms with Crippen LogP contribution in [0.3, 0.4) is 0 Å². The maximum atomic E-state index is 12.5. The first-order valence-electron chi connectivity index (χ1n) is 8.69. The SMILES string of the molecule is O=C(NCCc1cccs1)Nc1cccc(C(=O)N2CCCCC2)c1. The van der Waals surface area contributed by atoms with Gasteiger partial charge in [-0.3, -0.25) is 4.79 Å². The van der Waals surface area contributed by atoms with E-state index in [1.807, 2.05) is 16.3 Å². The smallest absolute Gasteiger partial charge is 0.319 e. The molecular weight excluding hydrogens is 334 g/mol. The molecule has 0 radical (unpaired) electrons. The molecule has 0 bridgehead atoms. The molecule has 0 atom stereocenters. The van der Waals surface area contributed by atoms with E-state index in [1.54, 1.807) is 35.6 Å². The summed E-state index contributed by atoms with van der Waals surface area (Å²) < 4.78 is 0. The Hall–Kier alpha value is -2.34. The Bertz CT molecular complexity index is 709. The van der Waals surface area contributed by atoms with Gasteiger partial charge < -0.3 is 15.5 Å². The summed E-state index contributed by atoms with van der Waals surface area (Å²) in [5, 5.41) is 7.67. The number of likely N-dealkylation sites (tertiary alicyclic amines) is 1. The lowest BCUT2D eigenvalue weighted by Crippen LogP contribution is -2.35. The van der Waals surface area contributed by atoms with E-state index in [0.717, 1.165) is 32.4 Å². The molecule has 0 aliphatic carbocycles. The summed E-state index contributed by atoms with van der Waals surface area (Å²) in [5.74, 6) is 0.0430. The van der Waals surface area contributed by atoms with Crippen molar-refractivity contribution in [2.24, 2.45) is 0 Å². The lowest BCUT2D eigenvalue weighted by Gasteiger charge is -2.26. The molecule has 1 aromatic heterocycles. The van der Waals surface area contributed by atoms with Crippen molar-refractivity contribution in [1.29, 1.82) is 0 Å². The first-order chi connectivity index (χ1) is 12.2. The minimum absolute atomic E-state index is 0.0430. The van der Waals surface area contributed by atoms with Crippen molar-refractivity contribution >= 4 is 29.0 Å². The minimum atomic E-state index is -0.251. The summed E-state index contributed by atoms with van der Waals surface area (Å²) in [6.45, 7) is 2.22. The summed E-state index contributed by atoms with van der Waals surface area (Å²) in [6.07, 6.45) is 4.14. The third-order valence-corrected chi connectivity index (χ3v) is 5.18. The lowest BCUT2D eigenvalue weighted by molar-refractivity contribution is 0.0724. The molecule has 0 spiro atoms. The van der Waals surface area contributed by atoms with Crippen LogP contribution in [0.2, 0.25) is 0 Å². The van der Waals surface area contributed by atoms with Crippen LogP contribution < -0.4 is 10.6 Å². The molecule has 6 heteroatoms. The number of piperidine rings is 1. The van der Waals surface area contributed by atoms with Crippen molar-refractivity contribution in [2.45, 2.75) is 25.7 Å². The van der Waals surface area contributed by atoms with Crippen molar-refractivity contribution in [1.82, 2.24) is 10.2 Å². The van der Waals surface area contributed by atoms with Gasteiger partial charge >= 0.3 is 6.03 Å². The van der Waals surface area contributed by atoms with Gasteiger partial charge in [0, 0.05) is 35.8 Å². The number of nitrogens with zero attached hydrogens (tertiary/aromatic N) is 1. The number of hydrogen-bond acceptors (Lipinski definition) is 3. The van der Waals surface area contributed by atoms with Crippen LogP contribution in [0.25, 0.3) is 0 Å². The number of urea groups is 1. The Labute approximate surface area is 152 Å². The highest BCUT2D eigenvalue weighted by atomic mass is 32.1. The van der Waals surface area contributed by atoms with Gasteiger partial charge in [-0.2, -0.15) is 0 Å². The van der Waals surface area contributed by atoms with Crippen LogP contribution in [-0.2, 0) is 6.42 Å². The Balaban J connectivity index is 1.52. The van der Waals surface area contributed by atoms with Crippen LogP contribution in [0.15, 0.2) is 41.8 Å². The molecule has 3 amide bonds. The van der Waals surface area contributed by atoms with E-state index in [2.05, 4.69) is 16.7 Å². The fourth-order valence-corrected chi connectivity index (χ4v) is 3.65. The molecule has 2 aromatic rings. The second kappa shape index (κ2) is 8.67. The standard InChI is InChI=1S/C19H23N3O2S/c23-18(22-11-2-1-3-12-22)15-6-4-7-16(14-15)21-19(24)20-10-9-17-8-5-13-25-17/h4-8,13-14H,1-3,9-12H2,(H2,20,21,24). The van der Waals surface area contributed by atoms with E-state index in [0.29, 0.717) is 17.8 Å². The van der Waals surface area contributed by atoms with Gasteiger partial charge in [0.25, 0.3) is 5.91 Å². The Morgan fingerprint density at radius 3 is 2.68 bits per heavy atom. The molecule has 1 aliphatic rings. The fourth-order valence-electron chi connectivity index (χ4n) is 2.94. The zero-order chi connectivity index (χ0) is 17.5. The van der Waals surface area contributed by atoms with Crippen molar-refractivity contribution < 1.29 is 9.59 Å². The Kier molecular flexibility index (Phi) is 6.06. The van der Waals surface area contributed by atoms with E-state index in [-0.39, 0.29) is 11.9 Å². The molecule has 2 N–H and O–H groups in total. The van der Waals surface area contributed by atoms with Gasteiger partial charge in [0.2, 0.25) is 0 Å². The first-order valence-corrected chi connectivity index (χ1v) is 9.57. The van der Waals surface area contributed by atoms with Gasteiger partial charge in [-0.15, -0.1) is 11.3 Å². The molecule has 1 saturated heterocycles. The number of amides is 3. The van der Waals surface area contributed by atoms with Gasteiger partial charge in [-0.05, 0) is 55.3 Å². The van der Waals surface area contributed by atoms with E-state index in [1.165, 1.54) is 11.3 Å². The van der Waals surface area contributed by atoms with Crippen LogP contribution in [0.1, 0.15) is 34.5 Å². The second-order valence-electron chi connectivity index (χ2n) is 6.14. The zero-order valence-electron chi connectivity index (χ0n) is 14.2. The number of thiophene rings is 1. The maximum Gasteiger partial charge on any atom is 0.319 e. The number of carbonyl (C=O) groups excluding carboxylic acids is 2. The Morgan fingerprint density at radius 1 is 1.08 bits per heavy atom. The van der Waals surface area contributed by atoms with Gasteiger partial charge in [-0.25, -0.2) is 4.79 Å². The van der Waals surface area contributed by atoms with Crippen molar-refractivity contribution in [3.63, 3.8) is 0 Å². The van der Waals surface area contributed by atoms with Gasteiger partial charge in [0.1, 0.15) is 0 Å². The third-order valence-electron chi connectivity index (χ3n) is 4.25. The van der Waals surface area contributed by atoms with Crippen molar-refractivity contribution in [3.8, 4) is 0 Å². The van der Waals surface area contributed by atoms with Crippen LogP contribution >= 0.6 is 11.3 Å².